The number of nitrogens with zero attached hydrogens (tertiary/aromatic N) is 2. The summed E-state index contributed by atoms with van der Waals surface area (Å²) in [6, 6.07) is 7.11. The Labute approximate surface area is 167 Å². The molecule has 0 aliphatic heterocycles. The van der Waals surface area contributed by atoms with Crippen molar-refractivity contribution in [2.45, 2.75) is 38.3 Å². The molecule has 28 heavy (non-hydrogen) atoms. The fraction of sp³-hybridized carbons (Fsp3) is 0.429. The molecule has 0 saturated heterocycles. The van der Waals surface area contributed by atoms with Crippen LogP contribution in [0, 0.1) is 5.82 Å². The molecule has 2 heterocycles. The Morgan fingerprint density at radius 1 is 1.39 bits per heavy atom. The molecule has 1 N–H and O–H groups in total. The number of benzene rings is 1. The Morgan fingerprint density at radius 3 is 3.07 bits per heavy atom. The molecule has 0 amide bonds. The minimum Gasteiger partial charge on any atom is -0.383 e. The second-order valence-electron chi connectivity index (χ2n) is 7.16. The third-order valence-electron chi connectivity index (χ3n) is 5.35. The lowest BCUT2D eigenvalue weighted by Gasteiger charge is -2.23. The minimum absolute atomic E-state index is 0.00960. The second-order valence-corrected chi connectivity index (χ2v) is 8.24. The number of nitrogens with one attached hydrogen (secondary N) is 1. The third kappa shape index (κ3) is 3.87. The Hall–Kier alpha value is -2.09. The van der Waals surface area contributed by atoms with Crippen LogP contribution in [0.5, 0.6) is 0 Å². The highest BCUT2D eigenvalue weighted by molar-refractivity contribution is 7.18. The van der Waals surface area contributed by atoms with E-state index in [1.165, 1.54) is 10.9 Å². The largest absolute Gasteiger partial charge is 0.383 e. The molecular formula is C21H24FN3O2S. The van der Waals surface area contributed by atoms with Crippen molar-refractivity contribution in [2.24, 2.45) is 0 Å². The predicted molar refractivity (Wildman–Crippen MR) is 110 cm³/mol. The van der Waals surface area contributed by atoms with Crippen LogP contribution in [0.15, 0.2) is 35.4 Å². The van der Waals surface area contributed by atoms with Crippen molar-refractivity contribution >= 4 is 21.6 Å². The number of fused-ring (bicyclic) bond motifs is 3. The highest BCUT2D eigenvalue weighted by Gasteiger charge is 2.25. The van der Waals surface area contributed by atoms with Crippen molar-refractivity contribution in [1.29, 1.82) is 0 Å². The molecule has 4 rings (SSSR count). The first kappa shape index (κ1) is 19.2. The van der Waals surface area contributed by atoms with Gasteiger partial charge in [-0.25, -0.2) is 9.37 Å². The van der Waals surface area contributed by atoms with E-state index in [2.05, 4.69) is 10.3 Å². The number of ether oxygens (including phenoxy) is 1. The van der Waals surface area contributed by atoms with E-state index in [1.807, 2.05) is 6.07 Å². The number of aryl methyl sites for hydroxylation is 3. The van der Waals surface area contributed by atoms with E-state index in [0.29, 0.717) is 31.2 Å². The van der Waals surface area contributed by atoms with Crippen LogP contribution < -0.4 is 10.9 Å². The van der Waals surface area contributed by atoms with Crippen molar-refractivity contribution < 1.29 is 9.13 Å². The van der Waals surface area contributed by atoms with Gasteiger partial charge < -0.3 is 10.1 Å². The first-order chi connectivity index (χ1) is 13.7. The minimum atomic E-state index is -0.232. The van der Waals surface area contributed by atoms with E-state index in [9.17, 15) is 9.18 Å². The number of rotatable bonds is 7. The van der Waals surface area contributed by atoms with E-state index in [1.54, 1.807) is 41.5 Å². The van der Waals surface area contributed by atoms with Gasteiger partial charge in [-0.2, -0.15) is 0 Å². The lowest BCUT2D eigenvalue weighted by molar-refractivity contribution is 0.194. The number of aromatic nitrogens is 2. The van der Waals surface area contributed by atoms with Crippen molar-refractivity contribution in [3.8, 4) is 0 Å². The van der Waals surface area contributed by atoms with Crippen LogP contribution in [0.2, 0.25) is 0 Å². The summed E-state index contributed by atoms with van der Waals surface area (Å²) in [5.41, 5.74) is 1.76. The van der Waals surface area contributed by atoms with Crippen LogP contribution in [0.3, 0.4) is 0 Å². The monoisotopic (exact) mass is 401 g/mol. The highest BCUT2D eigenvalue weighted by atomic mass is 32.1. The maximum Gasteiger partial charge on any atom is 0.262 e. The smallest absolute Gasteiger partial charge is 0.262 e. The van der Waals surface area contributed by atoms with Crippen LogP contribution in [-0.4, -0.2) is 35.9 Å². The van der Waals surface area contributed by atoms with Gasteiger partial charge in [0.2, 0.25) is 0 Å². The van der Waals surface area contributed by atoms with Crippen LogP contribution in [0.4, 0.5) is 4.39 Å². The van der Waals surface area contributed by atoms with Gasteiger partial charge in [0.1, 0.15) is 10.6 Å². The van der Waals surface area contributed by atoms with Crippen LogP contribution in [0.25, 0.3) is 10.2 Å². The Bertz CT molecular complexity index is 1030. The molecule has 0 radical (unpaired) electrons. The van der Waals surface area contributed by atoms with Crippen molar-refractivity contribution in [3.63, 3.8) is 0 Å². The fourth-order valence-corrected chi connectivity index (χ4v) is 5.10. The highest BCUT2D eigenvalue weighted by Crippen LogP contribution is 2.33. The Morgan fingerprint density at radius 2 is 2.25 bits per heavy atom. The van der Waals surface area contributed by atoms with Gasteiger partial charge in [-0.15, -0.1) is 11.3 Å². The SMILES string of the molecule is COCCNC1CCc2c(sc3ncn(CCc4ccccc4F)c(=O)c23)C1. The molecule has 3 aromatic rings. The number of hydrogen-bond acceptors (Lipinski definition) is 5. The number of halogens is 1. The quantitative estimate of drug-likeness (QED) is 0.619. The molecule has 1 aromatic carbocycles. The van der Waals surface area contributed by atoms with Crippen molar-refractivity contribution in [1.82, 2.24) is 14.9 Å². The lowest BCUT2D eigenvalue weighted by Crippen LogP contribution is -2.36. The maximum absolute atomic E-state index is 13.9. The average Bonchev–Trinajstić information content (AvgIpc) is 3.07. The zero-order valence-electron chi connectivity index (χ0n) is 15.9. The third-order valence-corrected chi connectivity index (χ3v) is 6.52. The molecule has 1 aliphatic carbocycles. The molecule has 5 nitrogen and oxygen atoms in total. The van der Waals surface area contributed by atoms with E-state index >= 15 is 0 Å². The summed E-state index contributed by atoms with van der Waals surface area (Å²) in [7, 11) is 1.70. The molecule has 0 fully saturated rings. The first-order valence-corrected chi connectivity index (χ1v) is 10.4. The fourth-order valence-electron chi connectivity index (χ4n) is 3.84. The molecule has 1 atom stereocenters. The molecule has 0 saturated carbocycles. The second kappa shape index (κ2) is 8.51. The van der Waals surface area contributed by atoms with Crippen molar-refractivity contribution in [2.75, 3.05) is 20.3 Å². The summed E-state index contributed by atoms with van der Waals surface area (Å²) in [6.45, 7) is 1.96. The standard InChI is InChI=1S/C21H24FN3O2S/c1-27-11-9-23-15-6-7-16-18(12-15)28-20-19(16)21(26)25(13-24-20)10-8-14-4-2-3-5-17(14)22/h2-5,13,15,23H,6-12H2,1H3. The zero-order chi connectivity index (χ0) is 19.5. The summed E-state index contributed by atoms with van der Waals surface area (Å²) in [4.78, 5) is 19.7. The first-order valence-electron chi connectivity index (χ1n) is 9.62. The summed E-state index contributed by atoms with van der Waals surface area (Å²) in [5.74, 6) is -0.232. The summed E-state index contributed by atoms with van der Waals surface area (Å²) in [6.07, 6.45) is 4.88. The normalized spacial score (nSPS) is 16.4. The molecule has 148 valence electrons. The molecule has 0 spiro atoms. The van der Waals surface area contributed by atoms with E-state index < -0.39 is 0 Å². The number of hydrogen-bond donors (Lipinski definition) is 1. The topological polar surface area (TPSA) is 56.1 Å². The predicted octanol–water partition coefficient (Wildman–Crippen LogP) is 2.93. The average molecular weight is 402 g/mol. The Balaban J connectivity index is 1.55. The summed E-state index contributed by atoms with van der Waals surface area (Å²) in [5, 5.41) is 4.28. The molecule has 1 aliphatic rings. The van der Waals surface area contributed by atoms with Gasteiger partial charge in [-0.05, 0) is 42.9 Å². The number of thiophene rings is 1. The van der Waals surface area contributed by atoms with Crippen molar-refractivity contribution in [3.05, 3.63) is 62.8 Å². The van der Waals surface area contributed by atoms with Gasteiger partial charge in [0.15, 0.2) is 0 Å². The van der Waals surface area contributed by atoms with Crippen LogP contribution >= 0.6 is 11.3 Å². The molecular weight excluding hydrogens is 377 g/mol. The van der Waals surface area contributed by atoms with Gasteiger partial charge in [0.05, 0.1) is 18.3 Å². The molecule has 7 heteroatoms. The van der Waals surface area contributed by atoms with E-state index in [0.717, 1.165) is 41.6 Å². The van der Waals surface area contributed by atoms with Gasteiger partial charge in [0.25, 0.3) is 5.56 Å². The van der Waals surface area contributed by atoms with Crippen LogP contribution in [0.1, 0.15) is 22.4 Å². The van der Waals surface area contributed by atoms with Gasteiger partial charge in [0, 0.05) is 31.1 Å². The van der Waals surface area contributed by atoms with Crippen LogP contribution in [-0.2, 0) is 30.5 Å². The molecule has 2 aromatic heterocycles. The zero-order valence-corrected chi connectivity index (χ0v) is 16.7. The van der Waals surface area contributed by atoms with Gasteiger partial charge >= 0.3 is 0 Å². The van der Waals surface area contributed by atoms with Gasteiger partial charge in [-0.1, -0.05) is 18.2 Å². The molecule has 1 unspecified atom stereocenters. The van der Waals surface area contributed by atoms with E-state index in [-0.39, 0.29) is 11.4 Å². The van der Waals surface area contributed by atoms with E-state index in [4.69, 9.17) is 4.74 Å². The summed E-state index contributed by atoms with van der Waals surface area (Å²) >= 11 is 1.63. The van der Waals surface area contributed by atoms with Gasteiger partial charge in [-0.3, -0.25) is 9.36 Å². The molecule has 0 bridgehead atoms. The maximum atomic E-state index is 13.9. The Kier molecular flexibility index (Phi) is 5.85. The number of methoxy groups -OCH3 is 1. The lowest BCUT2D eigenvalue weighted by atomic mass is 9.93. The summed E-state index contributed by atoms with van der Waals surface area (Å²) < 4.78 is 20.6.